The van der Waals surface area contributed by atoms with Gasteiger partial charge >= 0.3 is 0 Å². The number of benzene rings is 3. The number of hydrogen-bond acceptors (Lipinski definition) is 3. The van der Waals surface area contributed by atoms with E-state index in [1.54, 1.807) is 7.11 Å². The molecule has 0 aromatic heterocycles. The van der Waals surface area contributed by atoms with Crippen molar-refractivity contribution in [3.8, 4) is 5.75 Å². The number of amides is 1. The fraction of sp³-hybridized carbons (Fsp3) is 0.261. The average molecular weight is 360 g/mol. The van der Waals surface area contributed by atoms with Gasteiger partial charge in [0.15, 0.2) is 0 Å². The van der Waals surface area contributed by atoms with E-state index < -0.39 is 0 Å². The van der Waals surface area contributed by atoms with Crippen LogP contribution in [0.15, 0.2) is 66.7 Å². The summed E-state index contributed by atoms with van der Waals surface area (Å²) in [5.74, 6) is 1.43. The van der Waals surface area contributed by atoms with Crippen molar-refractivity contribution in [2.24, 2.45) is 5.92 Å². The SMILES string of the molecule is COc1ccc(C(NCC(=O)Nc2cccc3ccccc23)C2CC2)cc1. The molecule has 1 aliphatic rings. The third-order valence-corrected chi connectivity index (χ3v) is 5.11. The Morgan fingerprint density at radius 2 is 1.78 bits per heavy atom. The zero-order valence-corrected chi connectivity index (χ0v) is 15.4. The van der Waals surface area contributed by atoms with Crippen molar-refractivity contribution in [1.29, 1.82) is 0 Å². The van der Waals surface area contributed by atoms with Gasteiger partial charge < -0.3 is 15.4 Å². The van der Waals surface area contributed by atoms with Crippen LogP contribution in [-0.4, -0.2) is 19.6 Å². The fourth-order valence-electron chi connectivity index (χ4n) is 3.53. The van der Waals surface area contributed by atoms with Crippen LogP contribution >= 0.6 is 0 Å². The molecule has 0 saturated heterocycles. The summed E-state index contributed by atoms with van der Waals surface area (Å²) in [5, 5.41) is 8.68. The third kappa shape index (κ3) is 4.12. The minimum atomic E-state index is -0.0227. The van der Waals surface area contributed by atoms with Crippen molar-refractivity contribution in [2.75, 3.05) is 19.0 Å². The van der Waals surface area contributed by atoms with E-state index in [9.17, 15) is 4.79 Å². The highest BCUT2D eigenvalue weighted by molar-refractivity contribution is 6.02. The van der Waals surface area contributed by atoms with Crippen LogP contribution in [0.3, 0.4) is 0 Å². The van der Waals surface area contributed by atoms with Crippen LogP contribution in [-0.2, 0) is 4.79 Å². The first-order chi connectivity index (χ1) is 13.2. The van der Waals surface area contributed by atoms with Crippen molar-refractivity contribution in [3.63, 3.8) is 0 Å². The number of ether oxygens (including phenoxy) is 1. The molecule has 4 heteroatoms. The number of methoxy groups -OCH3 is 1. The molecule has 0 bridgehead atoms. The van der Waals surface area contributed by atoms with Crippen molar-refractivity contribution in [1.82, 2.24) is 5.32 Å². The van der Waals surface area contributed by atoms with Gasteiger partial charge in [-0.1, -0.05) is 48.5 Å². The lowest BCUT2D eigenvalue weighted by Gasteiger charge is -2.19. The molecule has 1 aliphatic carbocycles. The van der Waals surface area contributed by atoms with E-state index >= 15 is 0 Å². The van der Waals surface area contributed by atoms with Crippen LogP contribution in [0.1, 0.15) is 24.4 Å². The van der Waals surface area contributed by atoms with Gasteiger partial charge in [0.1, 0.15) is 5.75 Å². The maximum absolute atomic E-state index is 12.5. The molecule has 3 aromatic rings. The Hall–Kier alpha value is -2.85. The molecule has 1 unspecified atom stereocenters. The first-order valence-corrected chi connectivity index (χ1v) is 9.39. The minimum absolute atomic E-state index is 0.0227. The van der Waals surface area contributed by atoms with E-state index in [1.165, 1.54) is 18.4 Å². The predicted octanol–water partition coefficient (Wildman–Crippen LogP) is 4.53. The lowest BCUT2D eigenvalue weighted by atomic mass is 10.0. The van der Waals surface area contributed by atoms with Gasteiger partial charge in [0.2, 0.25) is 5.91 Å². The fourth-order valence-corrected chi connectivity index (χ4v) is 3.53. The Balaban J connectivity index is 1.42. The van der Waals surface area contributed by atoms with Crippen LogP contribution < -0.4 is 15.4 Å². The lowest BCUT2D eigenvalue weighted by Crippen LogP contribution is -2.32. The van der Waals surface area contributed by atoms with Crippen molar-refractivity contribution < 1.29 is 9.53 Å². The lowest BCUT2D eigenvalue weighted by molar-refractivity contribution is -0.115. The summed E-state index contributed by atoms with van der Waals surface area (Å²) in [6.45, 7) is 0.288. The Labute approximate surface area is 159 Å². The third-order valence-electron chi connectivity index (χ3n) is 5.11. The van der Waals surface area contributed by atoms with Gasteiger partial charge in [0.25, 0.3) is 0 Å². The molecular formula is C23H24N2O2. The van der Waals surface area contributed by atoms with Gasteiger partial charge in [-0.05, 0) is 47.9 Å². The van der Waals surface area contributed by atoms with E-state index in [0.717, 1.165) is 22.2 Å². The normalized spacial score (nSPS) is 14.7. The van der Waals surface area contributed by atoms with Gasteiger partial charge in [-0.15, -0.1) is 0 Å². The molecule has 1 amide bonds. The molecule has 0 spiro atoms. The molecule has 1 saturated carbocycles. The zero-order chi connectivity index (χ0) is 18.6. The van der Waals surface area contributed by atoms with E-state index in [0.29, 0.717) is 5.92 Å². The highest BCUT2D eigenvalue weighted by atomic mass is 16.5. The molecule has 4 nitrogen and oxygen atoms in total. The standard InChI is InChI=1S/C23H24N2O2/c1-27-19-13-11-18(12-14-19)23(17-9-10-17)24-15-22(26)25-21-8-4-6-16-5-2-3-7-20(16)21/h2-8,11-14,17,23-24H,9-10,15H2,1H3,(H,25,26). The van der Waals surface area contributed by atoms with Crippen LogP contribution in [0.5, 0.6) is 5.75 Å². The van der Waals surface area contributed by atoms with Crippen LogP contribution in [0.25, 0.3) is 10.8 Å². The number of anilines is 1. The molecule has 2 N–H and O–H groups in total. The van der Waals surface area contributed by atoms with Gasteiger partial charge in [0.05, 0.1) is 13.7 Å². The number of carbonyl (C=O) groups is 1. The molecular weight excluding hydrogens is 336 g/mol. The highest BCUT2D eigenvalue weighted by Crippen LogP contribution is 2.41. The maximum atomic E-state index is 12.5. The van der Waals surface area contributed by atoms with Crippen molar-refractivity contribution in [2.45, 2.75) is 18.9 Å². The predicted molar refractivity (Wildman–Crippen MR) is 109 cm³/mol. The molecule has 0 radical (unpaired) electrons. The number of fused-ring (bicyclic) bond motifs is 1. The van der Waals surface area contributed by atoms with E-state index in [1.807, 2.05) is 42.5 Å². The summed E-state index contributed by atoms with van der Waals surface area (Å²) < 4.78 is 5.24. The number of hydrogen-bond donors (Lipinski definition) is 2. The molecule has 3 aromatic carbocycles. The first kappa shape index (κ1) is 17.6. The summed E-state index contributed by atoms with van der Waals surface area (Å²) in [6.07, 6.45) is 2.41. The molecule has 0 aliphatic heterocycles. The molecule has 0 heterocycles. The van der Waals surface area contributed by atoms with Gasteiger partial charge in [-0.25, -0.2) is 0 Å². The number of nitrogens with one attached hydrogen (secondary N) is 2. The van der Waals surface area contributed by atoms with Crippen molar-refractivity contribution in [3.05, 3.63) is 72.3 Å². The van der Waals surface area contributed by atoms with Gasteiger partial charge in [-0.3, -0.25) is 4.79 Å². The second-order valence-corrected chi connectivity index (χ2v) is 7.04. The average Bonchev–Trinajstić information content (AvgIpc) is 3.54. The van der Waals surface area contributed by atoms with E-state index in [4.69, 9.17) is 4.74 Å². The quantitative estimate of drug-likeness (QED) is 0.651. The largest absolute Gasteiger partial charge is 0.497 e. The summed E-state index contributed by atoms with van der Waals surface area (Å²) >= 11 is 0. The number of rotatable bonds is 7. The molecule has 138 valence electrons. The van der Waals surface area contributed by atoms with E-state index in [-0.39, 0.29) is 18.5 Å². The first-order valence-electron chi connectivity index (χ1n) is 9.39. The summed E-state index contributed by atoms with van der Waals surface area (Å²) in [5.41, 5.74) is 2.06. The smallest absolute Gasteiger partial charge is 0.238 e. The second kappa shape index (κ2) is 7.80. The van der Waals surface area contributed by atoms with Crippen molar-refractivity contribution >= 4 is 22.4 Å². The Morgan fingerprint density at radius 1 is 1.04 bits per heavy atom. The molecule has 1 fully saturated rings. The Morgan fingerprint density at radius 3 is 2.52 bits per heavy atom. The summed E-state index contributed by atoms with van der Waals surface area (Å²) in [7, 11) is 1.67. The Kier molecular flexibility index (Phi) is 5.07. The topological polar surface area (TPSA) is 50.4 Å². The summed E-state index contributed by atoms with van der Waals surface area (Å²) in [4.78, 5) is 12.5. The van der Waals surface area contributed by atoms with Crippen LogP contribution in [0, 0.1) is 5.92 Å². The maximum Gasteiger partial charge on any atom is 0.238 e. The molecule has 4 rings (SSSR count). The van der Waals surface area contributed by atoms with Crippen LogP contribution in [0.4, 0.5) is 5.69 Å². The minimum Gasteiger partial charge on any atom is -0.497 e. The highest BCUT2D eigenvalue weighted by Gasteiger charge is 2.32. The summed E-state index contributed by atoms with van der Waals surface area (Å²) in [6, 6.07) is 22.4. The van der Waals surface area contributed by atoms with Gasteiger partial charge in [-0.2, -0.15) is 0 Å². The van der Waals surface area contributed by atoms with E-state index in [2.05, 4.69) is 34.9 Å². The van der Waals surface area contributed by atoms with Gasteiger partial charge in [0, 0.05) is 17.1 Å². The monoisotopic (exact) mass is 360 g/mol. The Bertz CT molecular complexity index is 927. The molecule has 1 atom stereocenters. The zero-order valence-electron chi connectivity index (χ0n) is 15.4. The molecule has 27 heavy (non-hydrogen) atoms. The second-order valence-electron chi connectivity index (χ2n) is 7.04. The van der Waals surface area contributed by atoms with Crippen LogP contribution in [0.2, 0.25) is 0 Å². The number of carbonyl (C=O) groups excluding carboxylic acids is 1.